The van der Waals surface area contributed by atoms with Crippen molar-refractivity contribution in [3.8, 4) is 0 Å². The number of hydrogen-bond acceptors (Lipinski definition) is 3. The first-order chi connectivity index (χ1) is 17.1. The van der Waals surface area contributed by atoms with Crippen molar-refractivity contribution < 1.29 is 14.6 Å². The Morgan fingerprint density at radius 3 is 2.50 bits per heavy atom. The minimum absolute atomic E-state index is 0.0262. The monoisotopic (exact) mass is 498 g/mol. The van der Waals surface area contributed by atoms with Crippen LogP contribution in [-0.2, 0) is 9.47 Å². The van der Waals surface area contributed by atoms with Crippen LogP contribution in [0.4, 0.5) is 0 Å². The molecule has 5 aliphatic rings. The summed E-state index contributed by atoms with van der Waals surface area (Å²) in [6.45, 7) is 15.2. The van der Waals surface area contributed by atoms with Crippen molar-refractivity contribution in [3.63, 3.8) is 0 Å². The van der Waals surface area contributed by atoms with Crippen molar-refractivity contribution in [1.82, 2.24) is 0 Å². The first-order valence-corrected chi connectivity index (χ1v) is 15.5. The van der Waals surface area contributed by atoms with Gasteiger partial charge in [0.25, 0.3) is 0 Å². The predicted octanol–water partition coefficient (Wildman–Crippen LogP) is 8.08. The van der Waals surface area contributed by atoms with E-state index in [0.29, 0.717) is 40.6 Å². The molecule has 0 radical (unpaired) electrons. The van der Waals surface area contributed by atoms with E-state index in [9.17, 15) is 5.11 Å². The number of allylic oxidation sites excluding steroid dienone is 3. The van der Waals surface area contributed by atoms with Gasteiger partial charge in [-0.2, -0.15) is 0 Å². The Morgan fingerprint density at radius 1 is 0.972 bits per heavy atom. The van der Waals surface area contributed by atoms with E-state index in [4.69, 9.17) is 9.47 Å². The Kier molecular flexibility index (Phi) is 7.86. The maximum absolute atomic E-state index is 10.9. The lowest BCUT2D eigenvalue weighted by Crippen LogP contribution is -2.47. The lowest BCUT2D eigenvalue weighted by atomic mass is 9.50. The number of aliphatic hydroxyl groups is 1. The van der Waals surface area contributed by atoms with E-state index < -0.39 is 0 Å². The van der Waals surface area contributed by atoms with Crippen molar-refractivity contribution >= 4 is 0 Å². The van der Waals surface area contributed by atoms with E-state index in [2.05, 4.69) is 53.7 Å². The van der Waals surface area contributed by atoms with Crippen LogP contribution in [0.15, 0.2) is 23.3 Å². The van der Waals surface area contributed by atoms with E-state index in [-0.39, 0.29) is 12.4 Å². The molecule has 1 aliphatic heterocycles. The van der Waals surface area contributed by atoms with E-state index in [1.54, 1.807) is 11.1 Å². The molecule has 0 aromatic heterocycles. The highest BCUT2D eigenvalue weighted by Crippen LogP contribution is 2.66. The molecule has 0 amide bonds. The molecule has 0 bridgehead atoms. The molecule has 10 atom stereocenters. The summed E-state index contributed by atoms with van der Waals surface area (Å²) in [5, 5.41) is 10.9. The fraction of sp³-hybridized carbons (Fsp3) is 0.879. The summed E-state index contributed by atoms with van der Waals surface area (Å²) in [6, 6.07) is 0. The van der Waals surface area contributed by atoms with E-state index >= 15 is 0 Å². The van der Waals surface area contributed by atoms with Crippen molar-refractivity contribution in [2.75, 3.05) is 6.61 Å². The van der Waals surface area contributed by atoms with Crippen LogP contribution in [0, 0.1) is 46.3 Å². The van der Waals surface area contributed by atoms with Gasteiger partial charge in [0.15, 0.2) is 6.29 Å². The lowest BCUT2D eigenvalue weighted by molar-refractivity contribution is -0.193. The molecule has 4 aliphatic carbocycles. The summed E-state index contributed by atoms with van der Waals surface area (Å²) in [4.78, 5) is 0. The SMILES string of the molecule is CC(C)[C@@H](C)[C@@H](O)C[C@@H](C)C1CCC2C3=CC=C4C[C@@H](OC5CCCCO5)CC[C@]4(C)C3CC[C@@]21C. The highest BCUT2D eigenvalue weighted by atomic mass is 16.7. The molecule has 3 heteroatoms. The second-order valence-electron chi connectivity index (χ2n) is 14.3. The van der Waals surface area contributed by atoms with Crippen LogP contribution in [0.1, 0.15) is 112 Å². The first-order valence-electron chi connectivity index (χ1n) is 15.5. The Bertz CT molecular complexity index is 838. The van der Waals surface area contributed by atoms with Crippen LogP contribution in [0.3, 0.4) is 0 Å². The standard InChI is InChI=1S/C33H54O3/c1-21(2)23(4)30(34)19-22(3)27-12-13-28-26-11-10-24-20-25(36-31-9-7-8-18-35-31)14-16-32(24,5)29(26)15-17-33(27,28)6/h10-11,21-23,25,27-31,34H,7-9,12-20H2,1-6H3/t22-,23-,25+,27?,28?,29?,30+,31?,32+,33-/m1/s1. The van der Waals surface area contributed by atoms with Crippen molar-refractivity contribution in [1.29, 1.82) is 0 Å². The smallest absolute Gasteiger partial charge is 0.157 e. The average Bonchev–Trinajstić information content (AvgIpc) is 3.21. The summed E-state index contributed by atoms with van der Waals surface area (Å²) in [5.41, 5.74) is 4.12. The molecular weight excluding hydrogens is 444 g/mol. The highest BCUT2D eigenvalue weighted by Gasteiger charge is 2.57. The molecule has 1 saturated heterocycles. The predicted molar refractivity (Wildman–Crippen MR) is 147 cm³/mol. The zero-order chi connectivity index (χ0) is 25.7. The summed E-state index contributed by atoms with van der Waals surface area (Å²) >= 11 is 0. The quantitative estimate of drug-likeness (QED) is 0.385. The molecule has 1 N–H and O–H groups in total. The van der Waals surface area contributed by atoms with Crippen LogP contribution >= 0.6 is 0 Å². The normalized spacial score (nSPS) is 43.1. The summed E-state index contributed by atoms with van der Waals surface area (Å²) in [5.74, 6) is 3.68. The maximum Gasteiger partial charge on any atom is 0.157 e. The Morgan fingerprint density at radius 2 is 1.78 bits per heavy atom. The van der Waals surface area contributed by atoms with Gasteiger partial charge in [0.2, 0.25) is 0 Å². The van der Waals surface area contributed by atoms with Crippen LogP contribution in [0.5, 0.6) is 0 Å². The number of fused-ring (bicyclic) bond motifs is 5. The first kappa shape index (κ1) is 26.9. The van der Waals surface area contributed by atoms with Gasteiger partial charge in [-0.25, -0.2) is 0 Å². The van der Waals surface area contributed by atoms with Crippen LogP contribution in [-0.4, -0.2) is 30.2 Å². The molecule has 4 fully saturated rings. The van der Waals surface area contributed by atoms with Crippen LogP contribution in [0.2, 0.25) is 0 Å². The molecule has 3 saturated carbocycles. The van der Waals surface area contributed by atoms with Gasteiger partial charge >= 0.3 is 0 Å². The Labute approximate surface area is 221 Å². The number of rotatable bonds is 7. The van der Waals surface area contributed by atoms with Gasteiger partial charge in [-0.3, -0.25) is 0 Å². The number of aliphatic hydroxyl groups excluding tert-OH is 1. The van der Waals surface area contributed by atoms with Crippen LogP contribution < -0.4 is 0 Å². The van der Waals surface area contributed by atoms with Crippen LogP contribution in [0.25, 0.3) is 0 Å². The van der Waals surface area contributed by atoms with Crippen molar-refractivity contribution in [2.45, 2.75) is 131 Å². The zero-order valence-electron chi connectivity index (χ0n) is 24.1. The van der Waals surface area contributed by atoms with Gasteiger partial charge in [-0.1, -0.05) is 64.8 Å². The summed E-state index contributed by atoms with van der Waals surface area (Å²) in [7, 11) is 0. The van der Waals surface area contributed by atoms with Gasteiger partial charge in [0.1, 0.15) is 0 Å². The third-order valence-electron chi connectivity index (χ3n) is 12.0. The molecule has 36 heavy (non-hydrogen) atoms. The van der Waals surface area contributed by atoms with Gasteiger partial charge in [-0.15, -0.1) is 0 Å². The van der Waals surface area contributed by atoms with E-state index in [0.717, 1.165) is 37.7 Å². The molecule has 0 aromatic rings. The van der Waals surface area contributed by atoms with Gasteiger partial charge in [0, 0.05) is 6.61 Å². The zero-order valence-corrected chi connectivity index (χ0v) is 24.1. The lowest BCUT2D eigenvalue weighted by Gasteiger charge is -2.55. The molecule has 204 valence electrons. The van der Waals surface area contributed by atoms with Crippen molar-refractivity contribution in [3.05, 3.63) is 23.3 Å². The molecule has 0 spiro atoms. The minimum Gasteiger partial charge on any atom is -0.393 e. The average molecular weight is 499 g/mol. The largest absolute Gasteiger partial charge is 0.393 e. The summed E-state index contributed by atoms with van der Waals surface area (Å²) < 4.78 is 12.3. The Hall–Kier alpha value is -0.640. The van der Waals surface area contributed by atoms with Gasteiger partial charge in [0.05, 0.1) is 12.2 Å². The van der Waals surface area contributed by atoms with E-state index in [1.165, 1.54) is 51.4 Å². The number of ether oxygens (including phenoxy) is 2. The second kappa shape index (κ2) is 10.5. The minimum atomic E-state index is -0.172. The topological polar surface area (TPSA) is 38.7 Å². The Balaban J connectivity index is 1.29. The molecule has 1 heterocycles. The molecule has 4 unspecified atom stereocenters. The third kappa shape index (κ3) is 4.79. The highest BCUT2D eigenvalue weighted by molar-refractivity contribution is 5.39. The van der Waals surface area contributed by atoms with Gasteiger partial charge in [-0.05, 0) is 117 Å². The fourth-order valence-electron chi connectivity index (χ4n) is 9.30. The second-order valence-corrected chi connectivity index (χ2v) is 14.3. The fourth-order valence-corrected chi connectivity index (χ4v) is 9.30. The molecule has 5 rings (SSSR count). The summed E-state index contributed by atoms with van der Waals surface area (Å²) in [6.07, 6.45) is 18.6. The molecule has 0 aromatic carbocycles. The van der Waals surface area contributed by atoms with Crippen molar-refractivity contribution in [2.24, 2.45) is 46.3 Å². The number of hydrogen-bond donors (Lipinski definition) is 1. The third-order valence-corrected chi connectivity index (χ3v) is 12.0. The molecule has 3 nitrogen and oxygen atoms in total. The van der Waals surface area contributed by atoms with E-state index in [1.807, 2.05) is 0 Å². The maximum atomic E-state index is 10.9. The van der Waals surface area contributed by atoms with Gasteiger partial charge < -0.3 is 14.6 Å². The molecular formula is C33H54O3.